The van der Waals surface area contributed by atoms with Crippen LogP contribution in [0.15, 0.2) is 54.6 Å². The van der Waals surface area contributed by atoms with Gasteiger partial charge >= 0.3 is 6.03 Å². The summed E-state index contributed by atoms with van der Waals surface area (Å²) >= 11 is 0. The number of carbonyl (C=O) groups excluding carboxylic acids is 1. The van der Waals surface area contributed by atoms with E-state index in [0.29, 0.717) is 6.54 Å². The van der Waals surface area contributed by atoms with E-state index in [9.17, 15) is 4.79 Å². The van der Waals surface area contributed by atoms with Crippen molar-refractivity contribution in [1.82, 2.24) is 10.6 Å². The molecule has 0 aliphatic rings. The Morgan fingerprint density at radius 2 is 1.91 bits per heavy atom. The van der Waals surface area contributed by atoms with Crippen molar-refractivity contribution in [2.75, 3.05) is 13.7 Å². The number of hydrogen-bond acceptors (Lipinski definition) is 2. The summed E-state index contributed by atoms with van der Waals surface area (Å²) in [6, 6.07) is 17.6. The van der Waals surface area contributed by atoms with Crippen molar-refractivity contribution in [3.63, 3.8) is 0 Å². The van der Waals surface area contributed by atoms with Crippen LogP contribution < -0.4 is 15.4 Å². The van der Waals surface area contributed by atoms with Crippen LogP contribution in [-0.2, 0) is 6.42 Å². The number of hydrogen-bond donors (Lipinski definition) is 2. The third-order valence-electron chi connectivity index (χ3n) is 3.48. The first kappa shape index (κ1) is 15.9. The van der Waals surface area contributed by atoms with E-state index in [1.165, 1.54) is 0 Å². The van der Waals surface area contributed by atoms with Crippen molar-refractivity contribution < 1.29 is 9.53 Å². The van der Waals surface area contributed by atoms with Gasteiger partial charge in [-0.25, -0.2) is 4.79 Å². The number of urea groups is 1. The van der Waals surface area contributed by atoms with E-state index in [1.807, 2.05) is 61.5 Å². The molecule has 0 fully saturated rings. The number of methoxy groups -OCH3 is 1. The first-order valence-corrected chi connectivity index (χ1v) is 7.41. The molecule has 1 unspecified atom stereocenters. The molecule has 1 atom stereocenters. The van der Waals surface area contributed by atoms with Crippen LogP contribution in [0, 0.1) is 0 Å². The number of rotatable bonds is 6. The highest BCUT2D eigenvalue weighted by Crippen LogP contribution is 2.13. The number of nitrogens with one attached hydrogen (secondary N) is 2. The van der Waals surface area contributed by atoms with Gasteiger partial charge in [-0.05, 0) is 36.6 Å². The van der Waals surface area contributed by atoms with Crippen molar-refractivity contribution in [2.24, 2.45) is 0 Å². The minimum atomic E-state index is -0.153. The van der Waals surface area contributed by atoms with E-state index in [2.05, 4.69) is 10.6 Å². The van der Waals surface area contributed by atoms with Crippen molar-refractivity contribution in [3.05, 3.63) is 65.7 Å². The maximum atomic E-state index is 11.9. The molecule has 4 nitrogen and oxygen atoms in total. The molecule has 0 aliphatic carbocycles. The highest BCUT2D eigenvalue weighted by atomic mass is 16.5. The molecule has 116 valence electrons. The minimum absolute atomic E-state index is 0.0157. The molecule has 0 spiro atoms. The molecular weight excluding hydrogens is 276 g/mol. The molecule has 0 heterocycles. The third kappa shape index (κ3) is 4.81. The summed E-state index contributed by atoms with van der Waals surface area (Å²) in [6.07, 6.45) is 0.768. The van der Waals surface area contributed by atoms with E-state index < -0.39 is 0 Å². The van der Waals surface area contributed by atoms with Crippen LogP contribution in [0.2, 0.25) is 0 Å². The quantitative estimate of drug-likeness (QED) is 0.859. The molecule has 2 N–H and O–H groups in total. The lowest BCUT2D eigenvalue weighted by atomic mass is 10.1. The van der Waals surface area contributed by atoms with Crippen molar-refractivity contribution >= 4 is 6.03 Å². The number of carbonyl (C=O) groups is 1. The van der Waals surface area contributed by atoms with Gasteiger partial charge in [0.25, 0.3) is 0 Å². The van der Waals surface area contributed by atoms with Crippen LogP contribution in [0.5, 0.6) is 5.75 Å². The van der Waals surface area contributed by atoms with Gasteiger partial charge in [-0.15, -0.1) is 0 Å². The molecular formula is C18H22N2O2. The van der Waals surface area contributed by atoms with E-state index in [-0.39, 0.29) is 12.1 Å². The zero-order valence-corrected chi connectivity index (χ0v) is 13.0. The fourth-order valence-corrected chi connectivity index (χ4v) is 2.22. The molecule has 2 aromatic rings. The SMILES string of the molecule is COc1cccc(CCNC(=O)NC(C)c2ccccc2)c1. The highest BCUT2D eigenvalue weighted by molar-refractivity contribution is 5.74. The number of amides is 2. The summed E-state index contributed by atoms with van der Waals surface area (Å²) in [5, 5.41) is 5.81. The van der Waals surface area contributed by atoms with Crippen LogP contribution in [0.4, 0.5) is 4.79 Å². The van der Waals surface area contributed by atoms with Gasteiger partial charge in [-0.3, -0.25) is 0 Å². The van der Waals surface area contributed by atoms with E-state index in [0.717, 1.165) is 23.3 Å². The maximum Gasteiger partial charge on any atom is 0.315 e. The number of ether oxygens (including phenoxy) is 1. The molecule has 2 rings (SSSR count). The number of benzene rings is 2. The van der Waals surface area contributed by atoms with Crippen LogP contribution >= 0.6 is 0 Å². The Bertz CT molecular complexity index is 599. The highest BCUT2D eigenvalue weighted by Gasteiger charge is 2.08. The summed E-state index contributed by atoms with van der Waals surface area (Å²) in [7, 11) is 1.65. The van der Waals surface area contributed by atoms with Crippen LogP contribution in [0.3, 0.4) is 0 Å². The van der Waals surface area contributed by atoms with E-state index >= 15 is 0 Å². The maximum absolute atomic E-state index is 11.9. The van der Waals surface area contributed by atoms with Crippen LogP contribution in [0.1, 0.15) is 24.1 Å². The van der Waals surface area contributed by atoms with Gasteiger partial charge in [0.15, 0.2) is 0 Å². The topological polar surface area (TPSA) is 50.4 Å². The molecule has 0 bridgehead atoms. The predicted octanol–water partition coefficient (Wildman–Crippen LogP) is 3.30. The summed E-state index contributed by atoms with van der Waals surface area (Å²) in [5.74, 6) is 0.833. The van der Waals surface area contributed by atoms with E-state index in [1.54, 1.807) is 7.11 Å². The average molecular weight is 298 g/mol. The van der Waals surface area contributed by atoms with Gasteiger partial charge in [0.2, 0.25) is 0 Å². The smallest absolute Gasteiger partial charge is 0.315 e. The zero-order chi connectivity index (χ0) is 15.8. The molecule has 0 saturated heterocycles. The minimum Gasteiger partial charge on any atom is -0.497 e. The molecule has 2 amide bonds. The van der Waals surface area contributed by atoms with Crippen molar-refractivity contribution in [2.45, 2.75) is 19.4 Å². The van der Waals surface area contributed by atoms with Gasteiger partial charge in [-0.2, -0.15) is 0 Å². The molecule has 0 aromatic heterocycles. The summed E-state index contributed by atoms with van der Waals surface area (Å²) in [4.78, 5) is 11.9. The first-order valence-electron chi connectivity index (χ1n) is 7.41. The summed E-state index contributed by atoms with van der Waals surface area (Å²) in [6.45, 7) is 2.55. The van der Waals surface area contributed by atoms with Gasteiger partial charge in [-0.1, -0.05) is 42.5 Å². The Kier molecular flexibility index (Phi) is 5.83. The van der Waals surface area contributed by atoms with Crippen LogP contribution in [-0.4, -0.2) is 19.7 Å². The van der Waals surface area contributed by atoms with Crippen LogP contribution in [0.25, 0.3) is 0 Å². The zero-order valence-electron chi connectivity index (χ0n) is 13.0. The summed E-state index contributed by atoms with van der Waals surface area (Å²) < 4.78 is 5.18. The first-order chi connectivity index (χ1) is 10.7. The van der Waals surface area contributed by atoms with Gasteiger partial charge in [0.05, 0.1) is 13.2 Å². The van der Waals surface area contributed by atoms with Crippen molar-refractivity contribution in [3.8, 4) is 5.75 Å². The lowest BCUT2D eigenvalue weighted by molar-refractivity contribution is 0.238. The summed E-state index contributed by atoms with van der Waals surface area (Å²) in [5.41, 5.74) is 2.22. The second-order valence-corrected chi connectivity index (χ2v) is 5.13. The predicted molar refractivity (Wildman–Crippen MR) is 88.1 cm³/mol. The molecule has 0 saturated carbocycles. The van der Waals surface area contributed by atoms with Gasteiger partial charge in [0, 0.05) is 6.54 Å². The second-order valence-electron chi connectivity index (χ2n) is 5.13. The van der Waals surface area contributed by atoms with Crippen molar-refractivity contribution in [1.29, 1.82) is 0 Å². The monoisotopic (exact) mass is 298 g/mol. The molecule has 0 radical (unpaired) electrons. The molecule has 22 heavy (non-hydrogen) atoms. The Morgan fingerprint density at radius 1 is 1.14 bits per heavy atom. The fourth-order valence-electron chi connectivity index (χ4n) is 2.22. The molecule has 2 aromatic carbocycles. The Labute approximate surface area is 131 Å². The molecule has 4 heteroatoms. The standard InChI is InChI=1S/C18H22N2O2/c1-14(16-8-4-3-5-9-16)20-18(21)19-12-11-15-7-6-10-17(13-15)22-2/h3-10,13-14H,11-12H2,1-2H3,(H2,19,20,21). The Hall–Kier alpha value is -2.49. The second kappa shape index (κ2) is 8.08. The normalized spacial score (nSPS) is 11.5. The third-order valence-corrected chi connectivity index (χ3v) is 3.48. The van der Waals surface area contributed by atoms with Gasteiger partial charge in [0.1, 0.15) is 5.75 Å². The molecule has 0 aliphatic heterocycles. The Balaban J connectivity index is 1.76. The average Bonchev–Trinajstić information content (AvgIpc) is 2.56. The lowest BCUT2D eigenvalue weighted by Gasteiger charge is -2.15. The van der Waals surface area contributed by atoms with E-state index in [4.69, 9.17) is 4.74 Å². The van der Waals surface area contributed by atoms with Gasteiger partial charge < -0.3 is 15.4 Å². The Morgan fingerprint density at radius 3 is 2.64 bits per heavy atom. The fraction of sp³-hybridized carbons (Fsp3) is 0.278. The lowest BCUT2D eigenvalue weighted by Crippen LogP contribution is -2.38. The largest absolute Gasteiger partial charge is 0.497 e.